The molecular weight excluding hydrogens is 322 g/mol. The van der Waals surface area contributed by atoms with Crippen molar-refractivity contribution in [3.8, 4) is 0 Å². The molecule has 1 aliphatic heterocycles. The molecule has 9 heteroatoms. The third-order valence-electron chi connectivity index (χ3n) is 4.93. The van der Waals surface area contributed by atoms with Gasteiger partial charge in [-0.1, -0.05) is 5.16 Å². The second kappa shape index (κ2) is 6.91. The Hall–Kier alpha value is -2.29. The van der Waals surface area contributed by atoms with Crippen LogP contribution in [-0.4, -0.2) is 66.3 Å². The molecule has 2 aromatic rings. The average Bonchev–Trinajstić information content (AvgIpc) is 3.04. The van der Waals surface area contributed by atoms with Gasteiger partial charge >= 0.3 is 0 Å². The third-order valence-corrected chi connectivity index (χ3v) is 4.93. The van der Waals surface area contributed by atoms with E-state index in [-0.39, 0.29) is 11.9 Å². The van der Waals surface area contributed by atoms with E-state index in [1.54, 1.807) is 19.6 Å². The van der Waals surface area contributed by atoms with E-state index in [0.29, 0.717) is 18.3 Å². The predicted octanol–water partition coefficient (Wildman–Crippen LogP) is 0.661. The van der Waals surface area contributed by atoms with E-state index in [0.717, 1.165) is 51.3 Å². The van der Waals surface area contributed by atoms with Gasteiger partial charge in [0.2, 0.25) is 11.8 Å². The van der Waals surface area contributed by atoms with Crippen LogP contribution in [0.4, 0.5) is 0 Å². The third kappa shape index (κ3) is 3.87. The molecule has 0 spiro atoms. The van der Waals surface area contributed by atoms with Gasteiger partial charge in [0.15, 0.2) is 5.82 Å². The lowest BCUT2D eigenvalue weighted by Gasteiger charge is -2.27. The van der Waals surface area contributed by atoms with Crippen molar-refractivity contribution in [3.05, 3.63) is 24.4 Å². The van der Waals surface area contributed by atoms with Crippen molar-refractivity contribution in [2.24, 2.45) is 0 Å². The summed E-state index contributed by atoms with van der Waals surface area (Å²) in [6, 6.07) is 0.191. The fourth-order valence-corrected chi connectivity index (χ4v) is 3.34. The van der Waals surface area contributed by atoms with Crippen molar-refractivity contribution in [1.82, 2.24) is 34.7 Å². The van der Waals surface area contributed by atoms with Gasteiger partial charge in [-0.25, -0.2) is 4.98 Å². The standard InChI is InChI=1S/C16H23N7O2/c1-12(24)23(9-15-19-16(25-20-15)13-2-3-13)14-4-5-21(8-14)6-7-22-11-17-10-18-22/h10-11,13-14H,2-9H2,1H3. The number of aromatic nitrogens is 5. The normalized spacial score (nSPS) is 20.9. The molecule has 0 radical (unpaired) electrons. The maximum absolute atomic E-state index is 12.1. The number of hydrogen-bond donors (Lipinski definition) is 0. The van der Waals surface area contributed by atoms with Crippen molar-refractivity contribution in [3.63, 3.8) is 0 Å². The highest BCUT2D eigenvalue weighted by molar-refractivity contribution is 5.73. The molecule has 1 unspecified atom stereocenters. The van der Waals surface area contributed by atoms with Gasteiger partial charge in [0.1, 0.15) is 12.7 Å². The fraction of sp³-hybridized carbons (Fsp3) is 0.688. The first-order valence-corrected chi connectivity index (χ1v) is 8.83. The van der Waals surface area contributed by atoms with E-state index >= 15 is 0 Å². The molecule has 9 nitrogen and oxygen atoms in total. The molecule has 0 bridgehead atoms. The highest BCUT2D eigenvalue weighted by Gasteiger charge is 2.32. The van der Waals surface area contributed by atoms with Crippen LogP contribution in [0.5, 0.6) is 0 Å². The molecule has 2 fully saturated rings. The summed E-state index contributed by atoms with van der Waals surface area (Å²) >= 11 is 0. The topological polar surface area (TPSA) is 93.2 Å². The van der Waals surface area contributed by atoms with Crippen LogP contribution in [0.3, 0.4) is 0 Å². The zero-order valence-corrected chi connectivity index (χ0v) is 14.4. The van der Waals surface area contributed by atoms with Crippen molar-refractivity contribution in [2.75, 3.05) is 19.6 Å². The molecule has 1 amide bonds. The Kier molecular flexibility index (Phi) is 4.48. The number of amides is 1. The van der Waals surface area contributed by atoms with Gasteiger partial charge in [-0.3, -0.25) is 14.4 Å². The maximum atomic E-state index is 12.1. The second-order valence-electron chi connectivity index (χ2n) is 6.87. The number of carbonyl (C=O) groups excluding carboxylic acids is 1. The van der Waals surface area contributed by atoms with Gasteiger partial charge in [-0.2, -0.15) is 10.1 Å². The number of carbonyl (C=O) groups is 1. The SMILES string of the molecule is CC(=O)N(Cc1noc(C2CC2)n1)C1CCN(CCn2cncn2)C1. The van der Waals surface area contributed by atoms with Gasteiger partial charge in [-0.15, -0.1) is 0 Å². The van der Waals surface area contributed by atoms with Crippen molar-refractivity contribution in [2.45, 2.75) is 51.2 Å². The number of rotatable bonds is 7. The molecule has 0 aromatic carbocycles. The minimum Gasteiger partial charge on any atom is -0.339 e. The summed E-state index contributed by atoms with van der Waals surface area (Å²) in [7, 11) is 0. The number of nitrogens with zero attached hydrogens (tertiary/aromatic N) is 7. The van der Waals surface area contributed by atoms with Crippen LogP contribution in [0, 0.1) is 0 Å². The Bertz CT molecular complexity index is 710. The van der Waals surface area contributed by atoms with Crippen LogP contribution in [0.2, 0.25) is 0 Å². The quantitative estimate of drug-likeness (QED) is 0.728. The van der Waals surface area contributed by atoms with E-state index in [4.69, 9.17) is 4.52 Å². The molecule has 4 rings (SSSR count). The molecular formula is C16H23N7O2. The highest BCUT2D eigenvalue weighted by Crippen LogP contribution is 2.38. The minimum atomic E-state index is 0.0564. The minimum absolute atomic E-state index is 0.0564. The molecule has 3 heterocycles. The van der Waals surface area contributed by atoms with Crippen LogP contribution >= 0.6 is 0 Å². The molecule has 1 aliphatic carbocycles. The van der Waals surface area contributed by atoms with Crippen LogP contribution in [0.25, 0.3) is 0 Å². The van der Waals surface area contributed by atoms with Gasteiger partial charge in [0, 0.05) is 38.5 Å². The van der Waals surface area contributed by atoms with Crippen LogP contribution in [-0.2, 0) is 17.9 Å². The molecule has 2 aromatic heterocycles. The van der Waals surface area contributed by atoms with E-state index in [2.05, 4.69) is 25.1 Å². The molecule has 1 saturated carbocycles. The number of likely N-dealkylation sites (tertiary alicyclic amines) is 1. The summed E-state index contributed by atoms with van der Waals surface area (Å²) in [6.07, 6.45) is 6.49. The summed E-state index contributed by atoms with van der Waals surface area (Å²) in [5.41, 5.74) is 0. The van der Waals surface area contributed by atoms with Crippen molar-refractivity contribution >= 4 is 5.91 Å². The summed E-state index contributed by atoms with van der Waals surface area (Å²) < 4.78 is 7.14. The van der Waals surface area contributed by atoms with E-state index in [9.17, 15) is 4.79 Å². The smallest absolute Gasteiger partial charge is 0.229 e. The molecule has 1 atom stereocenters. The Morgan fingerprint density at radius 1 is 1.36 bits per heavy atom. The summed E-state index contributed by atoms with van der Waals surface area (Å²) in [6.45, 7) is 5.58. The Morgan fingerprint density at radius 3 is 2.96 bits per heavy atom. The van der Waals surface area contributed by atoms with Gasteiger partial charge in [-0.05, 0) is 19.3 Å². The molecule has 2 aliphatic rings. The van der Waals surface area contributed by atoms with Gasteiger partial charge in [0.05, 0.1) is 13.1 Å². The monoisotopic (exact) mass is 345 g/mol. The largest absolute Gasteiger partial charge is 0.339 e. The lowest BCUT2D eigenvalue weighted by Crippen LogP contribution is -2.40. The lowest BCUT2D eigenvalue weighted by molar-refractivity contribution is -0.131. The Morgan fingerprint density at radius 2 is 2.24 bits per heavy atom. The highest BCUT2D eigenvalue weighted by atomic mass is 16.5. The maximum Gasteiger partial charge on any atom is 0.229 e. The van der Waals surface area contributed by atoms with Crippen LogP contribution in [0.15, 0.2) is 17.2 Å². The summed E-state index contributed by atoms with van der Waals surface area (Å²) in [4.78, 5) is 24.8. The lowest BCUT2D eigenvalue weighted by atomic mass is 10.2. The number of hydrogen-bond acceptors (Lipinski definition) is 7. The first-order valence-electron chi connectivity index (χ1n) is 8.83. The predicted molar refractivity (Wildman–Crippen MR) is 87.4 cm³/mol. The molecule has 0 N–H and O–H groups in total. The van der Waals surface area contributed by atoms with E-state index in [1.165, 1.54) is 0 Å². The average molecular weight is 345 g/mol. The van der Waals surface area contributed by atoms with Crippen molar-refractivity contribution in [1.29, 1.82) is 0 Å². The summed E-state index contributed by atoms with van der Waals surface area (Å²) in [5, 5.41) is 8.17. The van der Waals surface area contributed by atoms with Gasteiger partial charge in [0.25, 0.3) is 0 Å². The van der Waals surface area contributed by atoms with E-state index in [1.807, 2.05) is 9.58 Å². The van der Waals surface area contributed by atoms with Gasteiger partial charge < -0.3 is 9.42 Å². The van der Waals surface area contributed by atoms with Crippen LogP contribution in [0.1, 0.15) is 43.8 Å². The van der Waals surface area contributed by atoms with Crippen molar-refractivity contribution < 1.29 is 9.32 Å². The molecule has 134 valence electrons. The zero-order valence-electron chi connectivity index (χ0n) is 14.4. The Labute approximate surface area is 146 Å². The first-order chi connectivity index (χ1) is 12.2. The second-order valence-corrected chi connectivity index (χ2v) is 6.87. The van der Waals surface area contributed by atoms with Crippen LogP contribution < -0.4 is 0 Å². The Balaban J connectivity index is 1.33. The van der Waals surface area contributed by atoms with E-state index < -0.39 is 0 Å². The summed E-state index contributed by atoms with van der Waals surface area (Å²) in [5.74, 6) is 1.82. The zero-order chi connectivity index (χ0) is 17.2. The fourth-order valence-electron chi connectivity index (χ4n) is 3.34. The molecule has 25 heavy (non-hydrogen) atoms. The molecule has 1 saturated heterocycles. The first kappa shape index (κ1) is 16.2.